The van der Waals surface area contributed by atoms with Gasteiger partial charge in [-0.15, -0.1) is 23.7 Å². The monoisotopic (exact) mass is 502 g/mol. The lowest BCUT2D eigenvalue weighted by atomic mass is 10.1. The van der Waals surface area contributed by atoms with Gasteiger partial charge in [0.15, 0.2) is 0 Å². The highest BCUT2D eigenvalue weighted by Crippen LogP contribution is 2.63. The molecule has 7 nitrogen and oxygen atoms in total. The minimum absolute atomic E-state index is 0. The van der Waals surface area contributed by atoms with Crippen LogP contribution in [0.5, 0.6) is 5.88 Å². The first kappa shape index (κ1) is 23.1. The van der Waals surface area contributed by atoms with Crippen molar-refractivity contribution >= 4 is 45.8 Å². The fourth-order valence-corrected chi connectivity index (χ4v) is 6.32. The number of pyridine rings is 2. The van der Waals surface area contributed by atoms with Gasteiger partial charge in [-0.25, -0.2) is 9.37 Å². The van der Waals surface area contributed by atoms with Crippen molar-refractivity contribution in [2.24, 2.45) is 17.3 Å². The molecule has 3 unspecified atom stereocenters. The molecule has 2 amide bonds. The number of halogens is 2. The van der Waals surface area contributed by atoms with E-state index in [2.05, 4.69) is 15.3 Å². The standard InChI is InChI=1S/C24H23FN4O3S.ClH/c1-24(2)18-19(24)23(31)29(22(18)30)11-14-8-17-20(33-14)15(4-6-27-17)16-7-12(25)9-28-21(16)32-13-3-5-26-10-13;/h4,6-9,13,18-19,26H,3,5,10-11H2,1-2H3;1H. The molecule has 0 spiro atoms. The number of imide groups is 1. The van der Waals surface area contributed by atoms with E-state index in [1.165, 1.54) is 22.3 Å². The van der Waals surface area contributed by atoms with Crippen LogP contribution in [0, 0.1) is 23.1 Å². The second-order valence-corrected chi connectivity index (χ2v) is 10.7. The molecule has 2 aliphatic heterocycles. The van der Waals surface area contributed by atoms with Crippen LogP contribution in [0.25, 0.3) is 21.3 Å². The van der Waals surface area contributed by atoms with Crippen molar-refractivity contribution < 1.29 is 18.7 Å². The van der Waals surface area contributed by atoms with Crippen molar-refractivity contribution in [1.29, 1.82) is 0 Å². The Labute approximate surface area is 206 Å². The van der Waals surface area contributed by atoms with Gasteiger partial charge >= 0.3 is 0 Å². The molecule has 0 bridgehead atoms. The molecule has 3 atom stereocenters. The van der Waals surface area contributed by atoms with Crippen LogP contribution in [0.3, 0.4) is 0 Å². The van der Waals surface area contributed by atoms with Crippen LogP contribution in [-0.4, -0.2) is 45.9 Å². The lowest BCUT2D eigenvalue weighted by molar-refractivity contribution is -0.143. The van der Waals surface area contributed by atoms with Crippen LogP contribution in [-0.2, 0) is 16.1 Å². The van der Waals surface area contributed by atoms with Gasteiger partial charge in [0.25, 0.3) is 0 Å². The molecule has 3 fully saturated rings. The minimum Gasteiger partial charge on any atom is -0.473 e. The number of carbonyl (C=O) groups excluding carboxylic acids is 2. The number of hydrogen-bond donors (Lipinski definition) is 1. The molecule has 10 heteroatoms. The van der Waals surface area contributed by atoms with Crippen LogP contribution >= 0.6 is 23.7 Å². The molecule has 6 rings (SSSR count). The first-order valence-electron chi connectivity index (χ1n) is 11.1. The molecule has 34 heavy (non-hydrogen) atoms. The number of nitrogens with zero attached hydrogens (tertiary/aromatic N) is 3. The van der Waals surface area contributed by atoms with E-state index in [-0.39, 0.29) is 54.1 Å². The number of amides is 2. The van der Waals surface area contributed by atoms with Gasteiger partial charge in [0.2, 0.25) is 17.7 Å². The zero-order chi connectivity index (χ0) is 22.9. The number of ether oxygens (including phenoxy) is 1. The number of piperidine rings is 1. The second-order valence-electron chi connectivity index (χ2n) is 9.56. The topological polar surface area (TPSA) is 84.4 Å². The van der Waals surface area contributed by atoms with E-state index in [0.717, 1.165) is 46.4 Å². The zero-order valence-corrected chi connectivity index (χ0v) is 20.3. The number of fused-ring (bicyclic) bond motifs is 2. The summed E-state index contributed by atoms with van der Waals surface area (Å²) >= 11 is 1.46. The number of carbonyl (C=O) groups is 2. The molecule has 2 saturated heterocycles. The Balaban J connectivity index is 0.00000241. The molecule has 1 saturated carbocycles. The van der Waals surface area contributed by atoms with E-state index in [1.54, 1.807) is 6.20 Å². The number of thiophene rings is 1. The molecular formula is C24H24ClFN4O3S. The average molecular weight is 503 g/mol. The summed E-state index contributed by atoms with van der Waals surface area (Å²) in [5, 5.41) is 3.25. The van der Waals surface area contributed by atoms with Crippen LogP contribution < -0.4 is 10.1 Å². The number of likely N-dealkylation sites (tertiary alicyclic amines) is 1. The molecule has 5 heterocycles. The molecule has 3 aromatic rings. The Morgan fingerprint density at radius 1 is 1.21 bits per heavy atom. The van der Waals surface area contributed by atoms with E-state index < -0.39 is 5.82 Å². The summed E-state index contributed by atoms with van der Waals surface area (Å²) in [5.41, 5.74) is 1.84. The van der Waals surface area contributed by atoms with Crippen molar-refractivity contribution in [2.45, 2.75) is 32.9 Å². The summed E-state index contributed by atoms with van der Waals surface area (Å²) in [6.45, 7) is 5.78. The molecule has 1 aliphatic carbocycles. The number of rotatable bonds is 5. The van der Waals surface area contributed by atoms with E-state index in [4.69, 9.17) is 4.74 Å². The van der Waals surface area contributed by atoms with Gasteiger partial charge in [0, 0.05) is 28.7 Å². The molecule has 3 aliphatic rings. The third-order valence-corrected chi connectivity index (χ3v) is 8.21. The SMILES string of the molecule is CC1(C)C2C(=O)N(Cc3cc4nccc(-c5cc(F)cnc5OC5CCNC5)c4s3)C(=O)C21.Cl. The third-order valence-electron chi connectivity index (χ3n) is 7.07. The zero-order valence-electron chi connectivity index (χ0n) is 18.7. The highest BCUT2D eigenvalue weighted by molar-refractivity contribution is 7.19. The van der Waals surface area contributed by atoms with Gasteiger partial charge in [0.05, 0.1) is 34.8 Å². The molecular weight excluding hydrogens is 479 g/mol. The lowest BCUT2D eigenvalue weighted by Gasteiger charge is -2.19. The fraction of sp³-hybridized carbons (Fsp3) is 0.417. The minimum atomic E-state index is -0.446. The van der Waals surface area contributed by atoms with Crippen LogP contribution in [0.15, 0.2) is 30.6 Å². The largest absolute Gasteiger partial charge is 0.473 e. The van der Waals surface area contributed by atoms with Crippen molar-refractivity contribution in [3.8, 4) is 17.0 Å². The van der Waals surface area contributed by atoms with E-state index in [0.29, 0.717) is 11.4 Å². The number of aromatic nitrogens is 2. The first-order chi connectivity index (χ1) is 15.8. The summed E-state index contributed by atoms with van der Waals surface area (Å²) in [4.78, 5) is 36.4. The van der Waals surface area contributed by atoms with Gasteiger partial charge in [0.1, 0.15) is 11.9 Å². The van der Waals surface area contributed by atoms with Crippen LogP contribution in [0.4, 0.5) is 4.39 Å². The molecule has 3 aromatic heterocycles. The number of hydrogen-bond acceptors (Lipinski definition) is 7. The maximum atomic E-state index is 14.2. The second kappa shape index (κ2) is 8.25. The number of nitrogens with one attached hydrogen (secondary N) is 1. The van der Waals surface area contributed by atoms with Gasteiger partial charge in [-0.2, -0.15) is 0 Å². The summed E-state index contributed by atoms with van der Waals surface area (Å²) < 4.78 is 21.1. The smallest absolute Gasteiger partial charge is 0.234 e. The quantitative estimate of drug-likeness (QED) is 0.534. The highest BCUT2D eigenvalue weighted by Gasteiger charge is 2.72. The van der Waals surface area contributed by atoms with Gasteiger partial charge < -0.3 is 10.1 Å². The van der Waals surface area contributed by atoms with E-state index in [9.17, 15) is 14.0 Å². The van der Waals surface area contributed by atoms with Crippen LogP contribution in [0.2, 0.25) is 0 Å². The Bertz CT molecular complexity index is 1280. The van der Waals surface area contributed by atoms with Gasteiger partial charge in [-0.3, -0.25) is 19.5 Å². The van der Waals surface area contributed by atoms with Crippen molar-refractivity contribution in [1.82, 2.24) is 20.2 Å². The summed E-state index contributed by atoms with van der Waals surface area (Å²) in [7, 11) is 0. The lowest BCUT2D eigenvalue weighted by Crippen LogP contribution is -2.35. The molecule has 0 radical (unpaired) electrons. The normalized spacial score (nSPS) is 24.9. The van der Waals surface area contributed by atoms with Crippen molar-refractivity contribution in [3.63, 3.8) is 0 Å². The Hall–Kier alpha value is -2.62. The summed E-state index contributed by atoms with van der Waals surface area (Å²) in [5.74, 6) is -0.627. The molecule has 0 aromatic carbocycles. The van der Waals surface area contributed by atoms with Crippen molar-refractivity contribution in [2.75, 3.05) is 13.1 Å². The molecule has 178 valence electrons. The average Bonchev–Trinajstić information content (AvgIpc) is 3.23. The van der Waals surface area contributed by atoms with Gasteiger partial charge in [-0.1, -0.05) is 13.8 Å². The maximum absolute atomic E-state index is 14.2. The Kier molecular flexibility index (Phi) is 5.61. The molecule has 1 N–H and O–H groups in total. The van der Waals surface area contributed by atoms with E-state index >= 15 is 0 Å². The predicted molar refractivity (Wildman–Crippen MR) is 128 cm³/mol. The Morgan fingerprint density at radius 3 is 2.68 bits per heavy atom. The third kappa shape index (κ3) is 3.57. The fourth-order valence-electron chi connectivity index (χ4n) is 5.19. The van der Waals surface area contributed by atoms with Crippen molar-refractivity contribution in [3.05, 3.63) is 41.3 Å². The highest BCUT2D eigenvalue weighted by atomic mass is 35.5. The predicted octanol–water partition coefficient (Wildman–Crippen LogP) is 3.80. The first-order valence-corrected chi connectivity index (χ1v) is 11.9. The van der Waals surface area contributed by atoms with Crippen LogP contribution in [0.1, 0.15) is 25.1 Å². The maximum Gasteiger partial charge on any atom is 0.234 e. The Morgan fingerprint density at radius 2 is 1.97 bits per heavy atom. The van der Waals surface area contributed by atoms with Gasteiger partial charge in [-0.05, 0) is 36.6 Å². The summed E-state index contributed by atoms with van der Waals surface area (Å²) in [6, 6.07) is 5.15. The van der Waals surface area contributed by atoms with E-state index in [1.807, 2.05) is 26.0 Å². The summed E-state index contributed by atoms with van der Waals surface area (Å²) in [6.07, 6.45) is 3.69.